The Morgan fingerprint density at radius 2 is 2.15 bits per heavy atom. The summed E-state index contributed by atoms with van der Waals surface area (Å²) in [6.07, 6.45) is 2.83. The SMILES string of the molecule is COCCNCc1ccccc1OCC1CCC(C)O1. The first-order valence-corrected chi connectivity index (χ1v) is 7.35. The van der Waals surface area contributed by atoms with Crippen LogP contribution < -0.4 is 10.1 Å². The maximum Gasteiger partial charge on any atom is 0.123 e. The highest BCUT2D eigenvalue weighted by molar-refractivity contribution is 5.33. The van der Waals surface area contributed by atoms with Crippen molar-refractivity contribution in [2.45, 2.75) is 38.5 Å². The summed E-state index contributed by atoms with van der Waals surface area (Å²) in [4.78, 5) is 0. The lowest BCUT2D eigenvalue weighted by Crippen LogP contribution is -2.21. The molecule has 0 bridgehead atoms. The number of ether oxygens (including phenoxy) is 3. The number of hydrogen-bond acceptors (Lipinski definition) is 4. The first-order valence-electron chi connectivity index (χ1n) is 7.35. The van der Waals surface area contributed by atoms with E-state index >= 15 is 0 Å². The van der Waals surface area contributed by atoms with Crippen LogP contribution in [0.3, 0.4) is 0 Å². The summed E-state index contributed by atoms with van der Waals surface area (Å²) in [5.74, 6) is 0.945. The van der Waals surface area contributed by atoms with Crippen molar-refractivity contribution in [3.8, 4) is 5.75 Å². The van der Waals surface area contributed by atoms with Crippen LogP contribution in [0.15, 0.2) is 24.3 Å². The van der Waals surface area contributed by atoms with Gasteiger partial charge in [0.05, 0.1) is 18.8 Å². The Hall–Kier alpha value is -1.10. The van der Waals surface area contributed by atoms with Crippen molar-refractivity contribution in [1.82, 2.24) is 5.32 Å². The minimum absolute atomic E-state index is 0.236. The molecule has 1 aliphatic heterocycles. The van der Waals surface area contributed by atoms with Crippen LogP contribution in [0.4, 0.5) is 0 Å². The number of benzene rings is 1. The van der Waals surface area contributed by atoms with E-state index in [1.165, 1.54) is 5.56 Å². The Kier molecular flexibility index (Phi) is 6.30. The standard InChI is InChI=1S/C16H25NO3/c1-13-7-8-15(20-13)12-19-16-6-4-3-5-14(16)11-17-9-10-18-2/h3-6,13,15,17H,7-12H2,1-2H3. The van der Waals surface area contributed by atoms with E-state index in [1.807, 2.05) is 18.2 Å². The quantitative estimate of drug-likeness (QED) is 0.742. The predicted octanol–water partition coefficient (Wildman–Crippen LogP) is 2.37. The smallest absolute Gasteiger partial charge is 0.123 e. The molecule has 0 radical (unpaired) electrons. The summed E-state index contributed by atoms with van der Waals surface area (Å²) in [5, 5.41) is 3.34. The van der Waals surface area contributed by atoms with E-state index in [0.717, 1.165) is 38.3 Å². The second-order valence-corrected chi connectivity index (χ2v) is 5.23. The molecule has 0 aromatic heterocycles. The minimum atomic E-state index is 0.236. The monoisotopic (exact) mass is 279 g/mol. The van der Waals surface area contributed by atoms with Gasteiger partial charge in [-0.15, -0.1) is 0 Å². The van der Waals surface area contributed by atoms with E-state index < -0.39 is 0 Å². The molecule has 4 heteroatoms. The molecule has 0 saturated carbocycles. The lowest BCUT2D eigenvalue weighted by atomic mass is 10.2. The average molecular weight is 279 g/mol. The van der Waals surface area contributed by atoms with Crippen LogP contribution in [0.25, 0.3) is 0 Å². The predicted molar refractivity (Wildman–Crippen MR) is 79.1 cm³/mol. The van der Waals surface area contributed by atoms with Crippen LogP contribution >= 0.6 is 0 Å². The molecule has 1 aliphatic rings. The Morgan fingerprint density at radius 3 is 2.90 bits per heavy atom. The van der Waals surface area contributed by atoms with Gasteiger partial charge in [-0.05, 0) is 25.8 Å². The Labute approximate surface area is 121 Å². The van der Waals surface area contributed by atoms with Crippen molar-refractivity contribution in [3.63, 3.8) is 0 Å². The molecule has 1 aromatic rings. The fourth-order valence-electron chi connectivity index (χ4n) is 2.38. The molecule has 1 N–H and O–H groups in total. The molecular weight excluding hydrogens is 254 g/mol. The molecule has 2 atom stereocenters. The number of nitrogens with one attached hydrogen (secondary N) is 1. The van der Waals surface area contributed by atoms with Crippen molar-refractivity contribution in [3.05, 3.63) is 29.8 Å². The highest BCUT2D eigenvalue weighted by Gasteiger charge is 2.22. The zero-order chi connectivity index (χ0) is 14.2. The van der Waals surface area contributed by atoms with Crippen LogP contribution in [0.2, 0.25) is 0 Å². The molecule has 1 heterocycles. The fraction of sp³-hybridized carbons (Fsp3) is 0.625. The van der Waals surface area contributed by atoms with Crippen LogP contribution in [0.5, 0.6) is 5.75 Å². The summed E-state index contributed by atoms with van der Waals surface area (Å²) >= 11 is 0. The molecule has 112 valence electrons. The van der Waals surface area contributed by atoms with E-state index in [0.29, 0.717) is 12.7 Å². The van der Waals surface area contributed by atoms with Crippen LogP contribution in [-0.2, 0) is 16.0 Å². The van der Waals surface area contributed by atoms with Crippen LogP contribution in [0.1, 0.15) is 25.3 Å². The van der Waals surface area contributed by atoms with Gasteiger partial charge in [-0.3, -0.25) is 0 Å². The number of methoxy groups -OCH3 is 1. The van der Waals surface area contributed by atoms with Gasteiger partial charge in [-0.1, -0.05) is 18.2 Å². The van der Waals surface area contributed by atoms with E-state index in [9.17, 15) is 0 Å². The Balaban J connectivity index is 1.80. The van der Waals surface area contributed by atoms with Crippen LogP contribution in [-0.4, -0.2) is 39.1 Å². The third-order valence-electron chi connectivity index (χ3n) is 3.52. The summed E-state index contributed by atoms with van der Waals surface area (Å²) in [7, 11) is 1.71. The van der Waals surface area contributed by atoms with E-state index in [-0.39, 0.29) is 6.10 Å². The van der Waals surface area contributed by atoms with Gasteiger partial charge in [0.25, 0.3) is 0 Å². The minimum Gasteiger partial charge on any atom is -0.491 e. The molecule has 0 aliphatic carbocycles. The zero-order valence-corrected chi connectivity index (χ0v) is 12.4. The van der Waals surface area contributed by atoms with Gasteiger partial charge < -0.3 is 19.5 Å². The summed E-state index contributed by atoms with van der Waals surface area (Å²) < 4.78 is 16.7. The third kappa shape index (κ3) is 4.78. The maximum atomic E-state index is 5.93. The van der Waals surface area contributed by atoms with E-state index in [4.69, 9.17) is 14.2 Å². The molecule has 4 nitrogen and oxygen atoms in total. The molecular formula is C16H25NO3. The van der Waals surface area contributed by atoms with Crippen molar-refractivity contribution in [2.75, 3.05) is 26.9 Å². The lowest BCUT2D eigenvalue weighted by molar-refractivity contribution is 0.0262. The first kappa shape index (κ1) is 15.3. The number of hydrogen-bond donors (Lipinski definition) is 1. The van der Waals surface area contributed by atoms with Gasteiger partial charge in [0.2, 0.25) is 0 Å². The molecule has 0 spiro atoms. The van der Waals surface area contributed by atoms with Gasteiger partial charge in [-0.2, -0.15) is 0 Å². The van der Waals surface area contributed by atoms with Gasteiger partial charge in [0.15, 0.2) is 0 Å². The van der Waals surface area contributed by atoms with Crippen molar-refractivity contribution < 1.29 is 14.2 Å². The van der Waals surface area contributed by atoms with E-state index in [1.54, 1.807) is 7.11 Å². The van der Waals surface area contributed by atoms with E-state index in [2.05, 4.69) is 18.3 Å². The van der Waals surface area contributed by atoms with Crippen molar-refractivity contribution in [2.24, 2.45) is 0 Å². The Bertz CT molecular complexity index is 397. The first-order chi connectivity index (χ1) is 9.79. The topological polar surface area (TPSA) is 39.7 Å². The van der Waals surface area contributed by atoms with Gasteiger partial charge >= 0.3 is 0 Å². The summed E-state index contributed by atoms with van der Waals surface area (Å²) in [6.45, 7) is 5.11. The molecule has 2 rings (SSSR count). The molecule has 1 saturated heterocycles. The van der Waals surface area contributed by atoms with Gasteiger partial charge in [0.1, 0.15) is 12.4 Å². The normalized spacial score (nSPS) is 22.1. The number of para-hydroxylation sites is 1. The fourth-order valence-corrected chi connectivity index (χ4v) is 2.38. The maximum absolute atomic E-state index is 5.93. The van der Waals surface area contributed by atoms with Crippen molar-refractivity contribution >= 4 is 0 Å². The summed E-state index contributed by atoms with van der Waals surface area (Å²) in [6, 6.07) is 8.15. The largest absolute Gasteiger partial charge is 0.491 e. The van der Waals surface area contributed by atoms with Gasteiger partial charge in [0, 0.05) is 25.8 Å². The molecule has 2 unspecified atom stereocenters. The second kappa shape index (κ2) is 8.25. The highest BCUT2D eigenvalue weighted by Crippen LogP contribution is 2.22. The number of rotatable bonds is 8. The Morgan fingerprint density at radius 1 is 1.30 bits per heavy atom. The van der Waals surface area contributed by atoms with Crippen LogP contribution in [0, 0.1) is 0 Å². The molecule has 20 heavy (non-hydrogen) atoms. The average Bonchev–Trinajstić information content (AvgIpc) is 2.88. The highest BCUT2D eigenvalue weighted by atomic mass is 16.5. The lowest BCUT2D eigenvalue weighted by Gasteiger charge is -2.15. The second-order valence-electron chi connectivity index (χ2n) is 5.23. The third-order valence-corrected chi connectivity index (χ3v) is 3.52. The molecule has 1 fully saturated rings. The summed E-state index contributed by atoms with van der Waals surface area (Å²) in [5.41, 5.74) is 1.18. The molecule has 1 aromatic carbocycles. The van der Waals surface area contributed by atoms with Crippen molar-refractivity contribution in [1.29, 1.82) is 0 Å². The zero-order valence-electron chi connectivity index (χ0n) is 12.4. The molecule has 0 amide bonds. The van der Waals surface area contributed by atoms with Gasteiger partial charge in [-0.25, -0.2) is 0 Å².